The molecule has 0 atom stereocenters. The number of rotatable bonds is 6. The second-order valence-corrected chi connectivity index (χ2v) is 4.53. The highest BCUT2D eigenvalue weighted by atomic mass is 35.5. The Morgan fingerprint density at radius 3 is 2.65 bits per heavy atom. The van der Waals surface area contributed by atoms with Crippen molar-refractivity contribution in [2.75, 3.05) is 12.4 Å². The summed E-state index contributed by atoms with van der Waals surface area (Å²) in [4.78, 5) is 15.8. The highest BCUT2D eigenvalue weighted by Gasteiger charge is 2.25. The van der Waals surface area contributed by atoms with Gasteiger partial charge in [0.25, 0.3) is 5.91 Å². The summed E-state index contributed by atoms with van der Waals surface area (Å²) in [5.41, 5.74) is 0.586. The summed E-state index contributed by atoms with van der Waals surface area (Å²) >= 11 is 5.99. The number of amides is 1. The highest BCUT2D eigenvalue weighted by molar-refractivity contribution is 6.18. The Balaban J connectivity index is 2.59. The molecule has 0 aliphatic rings. The molecule has 0 aromatic carbocycles. The van der Waals surface area contributed by atoms with Gasteiger partial charge in [-0.25, -0.2) is 0 Å². The lowest BCUT2D eigenvalue weighted by Gasteiger charge is -2.29. The van der Waals surface area contributed by atoms with E-state index in [0.717, 1.165) is 12.8 Å². The Morgan fingerprint density at radius 2 is 2.18 bits per heavy atom. The maximum atomic E-state index is 11.8. The van der Waals surface area contributed by atoms with Gasteiger partial charge in [0, 0.05) is 30.2 Å². The molecule has 0 radical (unpaired) electrons. The molecule has 0 saturated heterocycles. The first-order chi connectivity index (χ1) is 8.17. The molecule has 0 spiro atoms. The molecule has 4 heteroatoms. The minimum absolute atomic E-state index is 0.000571. The van der Waals surface area contributed by atoms with E-state index in [4.69, 9.17) is 11.6 Å². The summed E-state index contributed by atoms with van der Waals surface area (Å²) in [6, 6.07) is 3.51. The lowest BCUT2D eigenvalue weighted by atomic mass is 9.84. The zero-order chi connectivity index (χ0) is 12.7. The molecule has 1 N–H and O–H groups in total. The zero-order valence-electron chi connectivity index (χ0n) is 10.4. The molecule has 0 aliphatic heterocycles. The van der Waals surface area contributed by atoms with E-state index in [0.29, 0.717) is 18.0 Å². The van der Waals surface area contributed by atoms with Crippen LogP contribution in [0.2, 0.25) is 0 Å². The SMILES string of the molecule is CCC(CC)(CCl)CNC(=O)c1cccnc1. The minimum atomic E-state index is -0.0884. The maximum Gasteiger partial charge on any atom is 0.252 e. The largest absolute Gasteiger partial charge is 0.351 e. The van der Waals surface area contributed by atoms with Gasteiger partial charge in [-0.1, -0.05) is 13.8 Å². The van der Waals surface area contributed by atoms with Crippen LogP contribution in [0.1, 0.15) is 37.0 Å². The van der Waals surface area contributed by atoms with Crippen molar-refractivity contribution < 1.29 is 4.79 Å². The molecule has 1 amide bonds. The van der Waals surface area contributed by atoms with Crippen molar-refractivity contribution in [3.05, 3.63) is 30.1 Å². The van der Waals surface area contributed by atoms with Gasteiger partial charge in [0.05, 0.1) is 5.56 Å². The zero-order valence-corrected chi connectivity index (χ0v) is 11.1. The topological polar surface area (TPSA) is 42.0 Å². The van der Waals surface area contributed by atoms with Gasteiger partial charge in [-0.05, 0) is 25.0 Å². The summed E-state index contributed by atoms with van der Waals surface area (Å²) in [7, 11) is 0. The molecule has 1 heterocycles. The standard InChI is InChI=1S/C13H19ClN2O/c1-3-13(4-2,9-14)10-16-12(17)11-6-5-7-15-8-11/h5-8H,3-4,9-10H2,1-2H3,(H,16,17). The van der Waals surface area contributed by atoms with Crippen molar-refractivity contribution in [3.8, 4) is 0 Å². The molecule has 17 heavy (non-hydrogen) atoms. The number of carbonyl (C=O) groups is 1. The highest BCUT2D eigenvalue weighted by Crippen LogP contribution is 2.26. The van der Waals surface area contributed by atoms with Crippen LogP contribution in [0.3, 0.4) is 0 Å². The Kier molecular flexibility index (Phi) is 5.42. The van der Waals surface area contributed by atoms with Crippen LogP contribution in [-0.4, -0.2) is 23.3 Å². The Hall–Kier alpha value is -1.09. The molecular weight excluding hydrogens is 236 g/mol. The van der Waals surface area contributed by atoms with Gasteiger partial charge in [0.2, 0.25) is 0 Å². The molecule has 0 bridgehead atoms. The summed E-state index contributed by atoms with van der Waals surface area (Å²) < 4.78 is 0. The molecule has 1 aromatic rings. The van der Waals surface area contributed by atoms with Crippen LogP contribution in [0, 0.1) is 5.41 Å². The summed E-state index contributed by atoms with van der Waals surface area (Å²) in [6.07, 6.45) is 5.13. The molecule has 1 rings (SSSR count). The Morgan fingerprint density at radius 1 is 1.47 bits per heavy atom. The van der Waals surface area contributed by atoms with Crippen molar-refractivity contribution in [3.63, 3.8) is 0 Å². The van der Waals surface area contributed by atoms with E-state index in [-0.39, 0.29) is 11.3 Å². The average molecular weight is 255 g/mol. The van der Waals surface area contributed by atoms with Crippen molar-refractivity contribution >= 4 is 17.5 Å². The fourth-order valence-electron chi connectivity index (χ4n) is 1.60. The van der Waals surface area contributed by atoms with Crippen LogP contribution in [0.25, 0.3) is 0 Å². The molecular formula is C13H19ClN2O. The van der Waals surface area contributed by atoms with Crippen LogP contribution in [0.5, 0.6) is 0 Å². The maximum absolute atomic E-state index is 11.8. The summed E-state index contributed by atoms with van der Waals surface area (Å²) in [6.45, 7) is 4.81. The Bertz CT molecular complexity index is 341. The third kappa shape index (κ3) is 3.70. The molecule has 0 unspecified atom stereocenters. The fourth-order valence-corrected chi connectivity index (χ4v) is 2.08. The minimum Gasteiger partial charge on any atom is -0.351 e. The third-order valence-electron chi connectivity index (χ3n) is 3.33. The van der Waals surface area contributed by atoms with Crippen molar-refractivity contribution in [2.45, 2.75) is 26.7 Å². The van der Waals surface area contributed by atoms with Crippen LogP contribution in [0.4, 0.5) is 0 Å². The molecule has 0 fully saturated rings. The van der Waals surface area contributed by atoms with E-state index in [1.165, 1.54) is 0 Å². The van der Waals surface area contributed by atoms with E-state index < -0.39 is 0 Å². The van der Waals surface area contributed by atoms with Crippen molar-refractivity contribution in [2.24, 2.45) is 5.41 Å². The van der Waals surface area contributed by atoms with Gasteiger partial charge in [-0.3, -0.25) is 9.78 Å². The first-order valence-corrected chi connectivity index (χ1v) is 6.45. The number of hydrogen-bond donors (Lipinski definition) is 1. The number of halogens is 1. The number of aromatic nitrogens is 1. The van der Waals surface area contributed by atoms with Crippen molar-refractivity contribution in [1.29, 1.82) is 0 Å². The second-order valence-electron chi connectivity index (χ2n) is 4.27. The summed E-state index contributed by atoms with van der Waals surface area (Å²) in [5, 5.41) is 2.93. The first kappa shape index (κ1) is 14.0. The number of alkyl halides is 1. The van der Waals surface area contributed by atoms with Gasteiger partial charge >= 0.3 is 0 Å². The van der Waals surface area contributed by atoms with Crippen LogP contribution in [-0.2, 0) is 0 Å². The van der Waals surface area contributed by atoms with Gasteiger partial charge in [0.1, 0.15) is 0 Å². The van der Waals surface area contributed by atoms with E-state index in [2.05, 4.69) is 24.1 Å². The van der Waals surface area contributed by atoms with Crippen LogP contribution in [0.15, 0.2) is 24.5 Å². The molecule has 94 valence electrons. The van der Waals surface area contributed by atoms with E-state index in [1.807, 2.05) is 0 Å². The monoisotopic (exact) mass is 254 g/mol. The van der Waals surface area contributed by atoms with Crippen molar-refractivity contribution in [1.82, 2.24) is 10.3 Å². The smallest absolute Gasteiger partial charge is 0.252 e. The molecule has 1 aromatic heterocycles. The lowest BCUT2D eigenvalue weighted by Crippen LogP contribution is -2.38. The van der Waals surface area contributed by atoms with E-state index in [9.17, 15) is 4.79 Å². The number of hydrogen-bond acceptors (Lipinski definition) is 2. The molecule has 0 aliphatic carbocycles. The van der Waals surface area contributed by atoms with Crippen LogP contribution >= 0.6 is 11.6 Å². The van der Waals surface area contributed by atoms with Gasteiger partial charge < -0.3 is 5.32 Å². The predicted octanol–water partition coefficient (Wildman–Crippen LogP) is 2.86. The van der Waals surface area contributed by atoms with E-state index >= 15 is 0 Å². The number of carbonyl (C=O) groups excluding carboxylic acids is 1. The molecule has 0 saturated carbocycles. The number of nitrogens with one attached hydrogen (secondary N) is 1. The fraction of sp³-hybridized carbons (Fsp3) is 0.538. The third-order valence-corrected chi connectivity index (χ3v) is 3.90. The normalized spacial score (nSPS) is 11.2. The molecule has 3 nitrogen and oxygen atoms in total. The quantitative estimate of drug-likeness (QED) is 0.794. The Labute approximate surface area is 108 Å². The van der Waals surface area contributed by atoms with Gasteiger partial charge in [0.15, 0.2) is 0 Å². The van der Waals surface area contributed by atoms with Gasteiger partial charge in [-0.2, -0.15) is 0 Å². The average Bonchev–Trinajstić information content (AvgIpc) is 2.41. The second kappa shape index (κ2) is 6.60. The lowest BCUT2D eigenvalue weighted by molar-refractivity contribution is 0.0931. The predicted molar refractivity (Wildman–Crippen MR) is 70.3 cm³/mol. The first-order valence-electron chi connectivity index (χ1n) is 5.91. The number of nitrogens with zero attached hydrogens (tertiary/aromatic N) is 1. The summed E-state index contributed by atoms with van der Waals surface area (Å²) in [5.74, 6) is 0.474. The van der Waals surface area contributed by atoms with Crippen LogP contribution < -0.4 is 5.32 Å². The number of pyridine rings is 1. The van der Waals surface area contributed by atoms with Gasteiger partial charge in [-0.15, -0.1) is 11.6 Å². The van der Waals surface area contributed by atoms with E-state index in [1.54, 1.807) is 24.5 Å².